The second-order valence-electron chi connectivity index (χ2n) is 4.54. The lowest BCUT2D eigenvalue weighted by molar-refractivity contribution is -0.156. The van der Waals surface area contributed by atoms with Gasteiger partial charge in [0, 0.05) is 5.54 Å². The van der Waals surface area contributed by atoms with Crippen LogP contribution in [0.1, 0.15) is 39.5 Å². The lowest BCUT2D eigenvalue weighted by Crippen LogP contribution is -2.60. The van der Waals surface area contributed by atoms with E-state index in [0.29, 0.717) is 19.4 Å². The molecule has 88 valence electrons. The highest BCUT2D eigenvalue weighted by atomic mass is 16.5. The van der Waals surface area contributed by atoms with Gasteiger partial charge < -0.3 is 15.6 Å². The summed E-state index contributed by atoms with van der Waals surface area (Å²) in [6.45, 7) is 4.21. The van der Waals surface area contributed by atoms with E-state index in [0.717, 1.165) is 12.8 Å². The molecule has 0 heterocycles. The number of unbranched alkanes of at least 4 members (excludes halogenated alkanes) is 1. The van der Waals surface area contributed by atoms with Crippen LogP contribution in [0.2, 0.25) is 0 Å². The molecule has 0 amide bonds. The summed E-state index contributed by atoms with van der Waals surface area (Å²) in [6, 6.07) is 0. The van der Waals surface area contributed by atoms with E-state index in [-0.39, 0.29) is 11.9 Å². The van der Waals surface area contributed by atoms with E-state index in [9.17, 15) is 9.90 Å². The third-order valence-corrected chi connectivity index (χ3v) is 3.16. The molecule has 1 atom stereocenters. The monoisotopic (exact) mass is 215 g/mol. The van der Waals surface area contributed by atoms with Crippen molar-refractivity contribution in [1.29, 1.82) is 0 Å². The van der Waals surface area contributed by atoms with Gasteiger partial charge in [-0.3, -0.25) is 4.79 Å². The minimum atomic E-state index is -0.575. The first-order chi connectivity index (χ1) is 6.99. The summed E-state index contributed by atoms with van der Waals surface area (Å²) in [4.78, 5) is 11.5. The maximum Gasteiger partial charge on any atom is 0.309 e. The lowest BCUT2D eigenvalue weighted by Gasteiger charge is -2.45. The number of hydrogen-bond donors (Lipinski definition) is 2. The summed E-state index contributed by atoms with van der Waals surface area (Å²) in [5.41, 5.74) is 5.30. The molecule has 1 rings (SSSR count). The summed E-state index contributed by atoms with van der Waals surface area (Å²) in [7, 11) is 0. The summed E-state index contributed by atoms with van der Waals surface area (Å²) >= 11 is 0. The van der Waals surface area contributed by atoms with Gasteiger partial charge in [-0.25, -0.2) is 0 Å². The van der Waals surface area contributed by atoms with Crippen molar-refractivity contribution in [1.82, 2.24) is 0 Å². The quantitative estimate of drug-likeness (QED) is 0.526. The number of aliphatic hydroxyl groups is 1. The van der Waals surface area contributed by atoms with E-state index in [1.165, 1.54) is 0 Å². The second kappa shape index (κ2) is 4.94. The fraction of sp³-hybridized carbons (Fsp3) is 0.909. The molecule has 1 aliphatic rings. The molecular weight excluding hydrogens is 194 g/mol. The molecule has 4 heteroatoms. The van der Waals surface area contributed by atoms with E-state index >= 15 is 0 Å². The van der Waals surface area contributed by atoms with Crippen molar-refractivity contribution in [2.45, 2.75) is 51.2 Å². The molecular formula is C11H21NO3. The van der Waals surface area contributed by atoms with Crippen molar-refractivity contribution in [2.24, 2.45) is 11.7 Å². The average Bonchev–Trinajstić information content (AvgIpc) is 2.12. The minimum absolute atomic E-state index is 0.110. The van der Waals surface area contributed by atoms with E-state index < -0.39 is 11.6 Å². The van der Waals surface area contributed by atoms with Crippen LogP contribution in [0.25, 0.3) is 0 Å². The van der Waals surface area contributed by atoms with Crippen molar-refractivity contribution >= 4 is 5.97 Å². The maximum absolute atomic E-state index is 11.5. The van der Waals surface area contributed by atoms with Gasteiger partial charge in [0.05, 0.1) is 18.6 Å². The van der Waals surface area contributed by atoms with Crippen LogP contribution in [0.4, 0.5) is 0 Å². The molecule has 15 heavy (non-hydrogen) atoms. The highest BCUT2D eigenvalue weighted by molar-refractivity contribution is 5.74. The van der Waals surface area contributed by atoms with Gasteiger partial charge in [0.1, 0.15) is 0 Å². The van der Waals surface area contributed by atoms with Crippen LogP contribution in [0, 0.1) is 5.92 Å². The Morgan fingerprint density at radius 1 is 1.67 bits per heavy atom. The van der Waals surface area contributed by atoms with Crippen LogP contribution in [-0.4, -0.2) is 29.3 Å². The number of rotatable bonds is 5. The number of carbonyl (C=O) groups is 1. The molecule has 0 bridgehead atoms. The smallest absolute Gasteiger partial charge is 0.309 e. The van der Waals surface area contributed by atoms with Crippen LogP contribution in [-0.2, 0) is 9.53 Å². The van der Waals surface area contributed by atoms with E-state index in [1.807, 2.05) is 0 Å². The van der Waals surface area contributed by atoms with Gasteiger partial charge in [0.25, 0.3) is 0 Å². The normalized spacial score (nSPS) is 31.9. The Kier molecular flexibility index (Phi) is 4.11. The van der Waals surface area contributed by atoms with Crippen molar-refractivity contribution < 1.29 is 14.6 Å². The van der Waals surface area contributed by atoms with Gasteiger partial charge in [0.15, 0.2) is 0 Å². The molecule has 1 saturated carbocycles. The zero-order valence-electron chi connectivity index (χ0n) is 9.53. The molecule has 1 aliphatic carbocycles. The largest absolute Gasteiger partial charge is 0.465 e. The van der Waals surface area contributed by atoms with Gasteiger partial charge in [-0.1, -0.05) is 13.3 Å². The molecule has 3 N–H and O–H groups in total. The van der Waals surface area contributed by atoms with Crippen LogP contribution >= 0.6 is 0 Å². The maximum atomic E-state index is 11.5. The molecule has 1 fully saturated rings. The van der Waals surface area contributed by atoms with E-state index in [4.69, 9.17) is 10.5 Å². The Morgan fingerprint density at radius 3 is 2.73 bits per heavy atom. The second-order valence-corrected chi connectivity index (χ2v) is 4.54. The predicted octanol–water partition coefficient (Wildman–Crippen LogP) is 0.818. The summed E-state index contributed by atoms with van der Waals surface area (Å²) < 4.78 is 5.08. The Hall–Kier alpha value is -0.610. The number of ether oxygens (including phenoxy) is 1. The standard InChI is InChI=1S/C11H21NO3/c1-3-4-5-15-10(14)9-6-11(12,7-9)8(2)13/h8-9,13H,3-7,12H2,1-2H3. The fourth-order valence-electron chi connectivity index (χ4n) is 1.80. The molecule has 0 aliphatic heterocycles. The number of aliphatic hydroxyl groups excluding tert-OH is 1. The Morgan fingerprint density at radius 2 is 2.27 bits per heavy atom. The molecule has 0 radical (unpaired) electrons. The first kappa shape index (κ1) is 12.5. The molecule has 0 aromatic heterocycles. The average molecular weight is 215 g/mol. The number of esters is 1. The van der Waals surface area contributed by atoms with Gasteiger partial charge in [-0.2, -0.15) is 0 Å². The topological polar surface area (TPSA) is 72.5 Å². The molecule has 0 saturated heterocycles. The molecule has 4 nitrogen and oxygen atoms in total. The molecule has 0 aromatic rings. The first-order valence-corrected chi connectivity index (χ1v) is 5.63. The summed E-state index contributed by atoms with van der Waals surface area (Å²) in [6.07, 6.45) is 2.44. The Balaban J connectivity index is 2.23. The van der Waals surface area contributed by atoms with Crippen molar-refractivity contribution in [3.05, 3.63) is 0 Å². The Bertz CT molecular complexity index is 222. The summed E-state index contributed by atoms with van der Waals surface area (Å²) in [5.74, 6) is -0.272. The molecule has 1 unspecified atom stereocenters. The van der Waals surface area contributed by atoms with Crippen molar-refractivity contribution in [3.63, 3.8) is 0 Å². The molecule has 0 aromatic carbocycles. The van der Waals surface area contributed by atoms with E-state index in [1.54, 1.807) is 6.92 Å². The highest BCUT2D eigenvalue weighted by Crippen LogP contribution is 2.38. The van der Waals surface area contributed by atoms with Gasteiger partial charge in [-0.15, -0.1) is 0 Å². The van der Waals surface area contributed by atoms with Crippen LogP contribution in [0.3, 0.4) is 0 Å². The van der Waals surface area contributed by atoms with Gasteiger partial charge >= 0.3 is 5.97 Å². The molecule has 0 spiro atoms. The Labute approximate surface area is 90.8 Å². The van der Waals surface area contributed by atoms with E-state index in [2.05, 4.69) is 6.92 Å². The van der Waals surface area contributed by atoms with Crippen LogP contribution in [0.15, 0.2) is 0 Å². The predicted molar refractivity (Wildman–Crippen MR) is 57.2 cm³/mol. The third-order valence-electron chi connectivity index (χ3n) is 3.16. The van der Waals surface area contributed by atoms with Crippen LogP contribution < -0.4 is 5.73 Å². The third kappa shape index (κ3) is 2.92. The van der Waals surface area contributed by atoms with Crippen molar-refractivity contribution in [2.75, 3.05) is 6.61 Å². The van der Waals surface area contributed by atoms with Crippen molar-refractivity contribution in [3.8, 4) is 0 Å². The highest BCUT2D eigenvalue weighted by Gasteiger charge is 2.48. The fourth-order valence-corrected chi connectivity index (χ4v) is 1.80. The van der Waals surface area contributed by atoms with Gasteiger partial charge in [0.2, 0.25) is 0 Å². The number of hydrogen-bond acceptors (Lipinski definition) is 4. The zero-order valence-corrected chi connectivity index (χ0v) is 9.53. The zero-order chi connectivity index (χ0) is 11.5. The minimum Gasteiger partial charge on any atom is -0.465 e. The van der Waals surface area contributed by atoms with Gasteiger partial charge in [-0.05, 0) is 26.2 Å². The lowest BCUT2D eigenvalue weighted by atomic mass is 9.66. The van der Waals surface area contributed by atoms with Crippen LogP contribution in [0.5, 0.6) is 0 Å². The number of nitrogens with two attached hydrogens (primary N) is 1. The summed E-state index contributed by atoms with van der Waals surface area (Å²) in [5, 5.41) is 9.37. The number of carbonyl (C=O) groups excluding carboxylic acids is 1. The first-order valence-electron chi connectivity index (χ1n) is 5.63. The SMILES string of the molecule is CCCCOC(=O)C1CC(N)(C(C)O)C1.